The van der Waals surface area contributed by atoms with Gasteiger partial charge in [0.05, 0.1) is 0 Å². The van der Waals surface area contributed by atoms with E-state index in [0.717, 1.165) is 8.58 Å². The highest BCUT2D eigenvalue weighted by atomic mass is 31.1. The van der Waals surface area contributed by atoms with Crippen molar-refractivity contribution in [2.45, 2.75) is 6.18 Å². The van der Waals surface area contributed by atoms with Crippen LogP contribution < -0.4 is 0 Å². The second-order valence-corrected chi connectivity index (χ2v) is 2.30. The van der Waals surface area contributed by atoms with Gasteiger partial charge in [0.15, 0.2) is 0 Å². The largest absolute Gasteiger partial charge is 0.490 e. The van der Waals surface area contributed by atoms with E-state index in [1.165, 1.54) is 0 Å². The zero-order valence-corrected chi connectivity index (χ0v) is 6.49. The Labute approximate surface area is 58.2 Å². The van der Waals surface area contributed by atoms with Crippen molar-refractivity contribution < 1.29 is 23.1 Å². The summed E-state index contributed by atoms with van der Waals surface area (Å²) in [5.41, 5.74) is 0. The highest BCUT2D eigenvalue weighted by Crippen LogP contribution is 2.13. The molecule has 0 aliphatic rings. The maximum absolute atomic E-state index is 10.6. The van der Waals surface area contributed by atoms with Gasteiger partial charge < -0.3 is 5.11 Å². The van der Waals surface area contributed by atoms with E-state index < -0.39 is 12.1 Å². The number of rotatable bonds is 0. The van der Waals surface area contributed by atoms with Crippen LogP contribution in [0.15, 0.2) is 0 Å². The molecule has 0 fully saturated rings. The van der Waals surface area contributed by atoms with Crippen molar-refractivity contribution in [2.75, 3.05) is 13.3 Å². The maximum atomic E-state index is 10.6. The normalized spacial score (nSPS) is 9.70. The van der Waals surface area contributed by atoms with Crippen LogP contribution in [0.4, 0.5) is 13.2 Å². The first-order valence-corrected chi connectivity index (χ1v) is 4.24. The number of aliphatic carboxylic acids is 1. The van der Waals surface area contributed by atoms with Gasteiger partial charge in [-0.1, -0.05) is 0 Å². The molecule has 0 amide bonds. The fourth-order valence-corrected chi connectivity index (χ4v) is 0. The summed E-state index contributed by atoms with van der Waals surface area (Å²) < 4.78 is 31.7. The summed E-state index contributed by atoms with van der Waals surface area (Å²) in [5.74, 6) is -2.76. The average Bonchev–Trinajstić information content (AvgIpc) is 1.64. The predicted octanol–water partition coefficient (Wildman–Crippen LogP) is 1.56. The molecule has 0 rings (SSSR count). The molecule has 0 aromatic heterocycles. The summed E-state index contributed by atoms with van der Waals surface area (Å²) in [4.78, 5) is 8.90. The molecule has 2 nitrogen and oxygen atoms in total. The Morgan fingerprint density at radius 2 is 1.50 bits per heavy atom. The quantitative estimate of drug-likeness (QED) is 0.568. The average molecular weight is 176 g/mol. The lowest BCUT2D eigenvalue weighted by Gasteiger charge is -1.93. The van der Waals surface area contributed by atoms with E-state index in [9.17, 15) is 13.2 Å². The SMILES string of the molecule is CPC.O=C(O)C(F)(F)F. The molecule has 0 saturated heterocycles. The number of halogens is 3. The van der Waals surface area contributed by atoms with Gasteiger partial charge in [0.25, 0.3) is 0 Å². The van der Waals surface area contributed by atoms with E-state index in [-0.39, 0.29) is 0 Å². The third-order valence-corrected chi connectivity index (χ3v) is 0.243. The molecule has 0 heterocycles. The topological polar surface area (TPSA) is 37.3 Å². The molecule has 0 unspecified atom stereocenters. The number of carboxylic acids is 1. The number of alkyl halides is 3. The Morgan fingerprint density at radius 3 is 1.50 bits per heavy atom. The Hall–Kier alpha value is -0.310. The van der Waals surface area contributed by atoms with Gasteiger partial charge in [-0.05, 0) is 13.3 Å². The molecule has 62 valence electrons. The molecule has 0 aromatic carbocycles. The summed E-state index contributed by atoms with van der Waals surface area (Å²) in [6, 6.07) is 0. The van der Waals surface area contributed by atoms with Crippen LogP contribution in [0.1, 0.15) is 0 Å². The predicted molar refractivity (Wildman–Crippen MR) is 33.9 cm³/mol. The van der Waals surface area contributed by atoms with E-state index in [4.69, 9.17) is 9.90 Å². The molecule has 0 aromatic rings. The Balaban J connectivity index is 0. The Kier molecular flexibility index (Phi) is 6.77. The summed E-state index contributed by atoms with van der Waals surface area (Å²) in [6.45, 7) is 4.31. The monoisotopic (exact) mass is 176 g/mol. The number of carbonyl (C=O) groups is 1. The second kappa shape index (κ2) is 5.47. The highest BCUT2D eigenvalue weighted by Gasteiger charge is 2.38. The van der Waals surface area contributed by atoms with Gasteiger partial charge >= 0.3 is 12.1 Å². The van der Waals surface area contributed by atoms with Crippen LogP contribution in [-0.4, -0.2) is 30.6 Å². The number of hydrogen-bond acceptors (Lipinski definition) is 1. The third-order valence-electron chi connectivity index (χ3n) is 0.243. The van der Waals surface area contributed by atoms with Crippen molar-refractivity contribution >= 4 is 14.6 Å². The van der Waals surface area contributed by atoms with Crippen LogP contribution in [0.3, 0.4) is 0 Å². The molecule has 10 heavy (non-hydrogen) atoms. The lowest BCUT2D eigenvalue weighted by atomic mass is 10.7. The zero-order chi connectivity index (χ0) is 8.78. The van der Waals surface area contributed by atoms with Crippen LogP contribution in [0, 0.1) is 0 Å². The first-order valence-electron chi connectivity index (χ1n) is 2.24. The van der Waals surface area contributed by atoms with Crippen molar-refractivity contribution in [1.82, 2.24) is 0 Å². The van der Waals surface area contributed by atoms with Crippen molar-refractivity contribution in [3.8, 4) is 0 Å². The first-order chi connectivity index (χ1) is 4.36. The van der Waals surface area contributed by atoms with Crippen molar-refractivity contribution in [1.29, 1.82) is 0 Å². The molecule has 6 heteroatoms. The van der Waals surface area contributed by atoms with Gasteiger partial charge in [0.2, 0.25) is 0 Å². The van der Waals surface area contributed by atoms with Gasteiger partial charge in [0, 0.05) is 0 Å². The van der Waals surface area contributed by atoms with E-state index in [0.29, 0.717) is 0 Å². The molecule has 0 radical (unpaired) electrons. The Bertz CT molecular complexity index is 101. The first kappa shape index (κ1) is 12.4. The van der Waals surface area contributed by atoms with Crippen molar-refractivity contribution in [2.24, 2.45) is 0 Å². The minimum atomic E-state index is -5.08. The number of hydrogen-bond donors (Lipinski definition) is 1. The molecule has 0 aliphatic carbocycles. The van der Waals surface area contributed by atoms with Gasteiger partial charge in [-0.2, -0.15) is 13.2 Å². The molecular formula is C4H8F3O2P. The van der Waals surface area contributed by atoms with E-state index in [1.54, 1.807) is 0 Å². The standard InChI is InChI=1S/C2HF3O2.C2H7P/c3-2(4,5)1(6)7;1-3-2/h(H,6,7);3H,1-2H3. The second-order valence-electron chi connectivity index (χ2n) is 1.30. The molecule has 0 bridgehead atoms. The van der Waals surface area contributed by atoms with Gasteiger partial charge in [0.1, 0.15) is 0 Å². The van der Waals surface area contributed by atoms with Crippen LogP contribution in [0.25, 0.3) is 0 Å². The van der Waals surface area contributed by atoms with Crippen LogP contribution in [0.2, 0.25) is 0 Å². The highest BCUT2D eigenvalue weighted by molar-refractivity contribution is 7.35. The Morgan fingerprint density at radius 1 is 1.40 bits per heavy atom. The van der Waals surface area contributed by atoms with Gasteiger partial charge in [-0.15, -0.1) is 8.58 Å². The summed E-state index contributed by atoms with van der Waals surface area (Å²) in [6.07, 6.45) is -5.08. The number of carboxylic acid groups (broad SMARTS) is 1. The van der Waals surface area contributed by atoms with E-state index >= 15 is 0 Å². The summed E-state index contributed by atoms with van der Waals surface area (Å²) in [7, 11) is 1.08. The van der Waals surface area contributed by atoms with Crippen LogP contribution in [-0.2, 0) is 4.79 Å². The molecular weight excluding hydrogens is 168 g/mol. The molecule has 0 aliphatic heterocycles. The minimum absolute atomic E-state index is 1.08. The molecule has 0 atom stereocenters. The lowest BCUT2D eigenvalue weighted by Crippen LogP contribution is -2.21. The fraction of sp³-hybridized carbons (Fsp3) is 0.750. The van der Waals surface area contributed by atoms with Crippen LogP contribution in [0.5, 0.6) is 0 Å². The van der Waals surface area contributed by atoms with E-state index in [2.05, 4.69) is 13.3 Å². The lowest BCUT2D eigenvalue weighted by molar-refractivity contribution is -0.192. The molecule has 1 N–H and O–H groups in total. The third kappa shape index (κ3) is 10.6. The summed E-state index contributed by atoms with van der Waals surface area (Å²) >= 11 is 0. The van der Waals surface area contributed by atoms with E-state index in [1.807, 2.05) is 0 Å². The fourth-order valence-electron chi connectivity index (χ4n) is 0. The van der Waals surface area contributed by atoms with Crippen LogP contribution >= 0.6 is 8.58 Å². The zero-order valence-electron chi connectivity index (χ0n) is 5.49. The van der Waals surface area contributed by atoms with Gasteiger partial charge in [-0.25, -0.2) is 4.79 Å². The van der Waals surface area contributed by atoms with Crippen molar-refractivity contribution in [3.63, 3.8) is 0 Å². The smallest absolute Gasteiger partial charge is 0.475 e. The minimum Gasteiger partial charge on any atom is -0.475 e. The molecule has 0 spiro atoms. The van der Waals surface area contributed by atoms with Gasteiger partial charge in [-0.3, -0.25) is 0 Å². The molecule has 0 saturated carbocycles. The summed E-state index contributed by atoms with van der Waals surface area (Å²) in [5, 5.41) is 7.12. The maximum Gasteiger partial charge on any atom is 0.490 e. The van der Waals surface area contributed by atoms with Crippen molar-refractivity contribution in [3.05, 3.63) is 0 Å².